The zero-order chi connectivity index (χ0) is 14.0. The van der Waals surface area contributed by atoms with Crippen LogP contribution in [0.2, 0.25) is 0 Å². The average molecular weight is 278 g/mol. The lowest BCUT2D eigenvalue weighted by atomic mass is 10.1. The van der Waals surface area contributed by atoms with E-state index < -0.39 is 11.9 Å². The highest BCUT2D eigenvalue weighted by Crippen LogP contribution is 2.30. The van der Waals surface area contributed by atoms with Crippen LogP contribution in [0.4, 0.5) is 0 Å². The first-order valence-electron chi connectivity index (χ1n) is 5.26. The summed E-state index contributed by atoms with van der Waals surface area (Å²) in [6, 6.07) is 5.88. The normalized spacial score (nSPS) is 10.2. The number of aromatic hydroxyl groups is 1. The maximum Gasteiger partial charge on any atom is 0.348 e. The van der Waals surface area contributed by atoms with Crippen molar-refractivity contribution in [3.8, 4) is 16.9 Å². The van der Waals surface area contributed by atoms with Gasteiger partial charge in [0.25, 0.3) is 0 Å². The molecule has 0 saturated heterocycles. The van der Waals surface area contributed by atoms with Crippen LogP contribution in [0.15, 0.2) is 29.6 Å². The minimum atomic E-state index is -1.19. The molecule has 1 aromatic heterocycles. The lowest BCUT2D eigenvalue weighted by molar-refractivity contribution is 0.0605. The fourth-order valence-corrected chi connectivity index (χ4v) is 2.42. The molecular weight excluding hydrogens is 268 g/mol. The van der Waals surface area contributed by atoms with E-state index in [-0.39, 0.29) is 11.3 Å². The van der Waals surface area contributed by atoms with Crippen LogP contribution in [-0.4, -0.2) is 29.3 Å². The number of carbonyl (C=O) groups is 2. The standard InChI is InChI=1S/C13H10O5S/c1-18-13(17)11-5-8(6-19-11)7-2-3-9(12(15)16)10(14)4-7/h2-6,14H,1H3,(H,15,16). The molecule has 0 amide bonds. The van der Waals surface area contributed by atoms with Gasteiger partial charge >= 0.3 is 11.9 Å². The highest BCUT2D eigenvalue weighted by molar-refractivity contribution is 7.12. The summed E-state index contributed by atoms with van der Waals surface area (Å²) in [5.41, 5.74) is 1.19. The molecule has 0 spiro atoms. The first-order chi connectivity index (χ1) is 9.02. The van der Waals surface area contributed by atoms with Crippen molar-refractivity contribution in [3.05, 3.63) is 40.1 Å². The zero-order valence-corrected chi connectivity index (χ0v) is 10.7. The van der Waals surface area contributed by atoms with Gasteiger partial charge in [0.2, 0.25) is 0 Å². The van der Waals surface area contributed by atoms with Crippen molar-refractivity contribution < 1.29 is 24.5 Å². The van der Waals surface area contributed by atoms with Crippen LogP contribution < -0.4 is 0 Å². The van der Waals surface area contributed by atoms with Gasteiger partial charge in [-0.05, 0) is 34.7 Å². The highest BCUT2D eigenvalue weighted by Gasteiger charge is 2.13. The first kappa shape index (κ1) is 13.1. The number of aromatic carboxylic acids is 1. The largest absolute Gasteiger partial charge is 0.507 e. The van der Waals surface area contributed by atoms with Gasteiger partial charge in [-0.15, -0.1) is 11.3 Å². The summed E-state index contributed by atoms with van der Waals surface area (Å²) in [5, 5.41) is 20.2. The van der Waals surface area contributed by atoms with Crippen LogP contribution in [0.1, 0.15) is 20.0 Å². The van der Waals surface area contributed by atoms with Gasteiger partial charge in [0.05, 0.1) is 7.11 Å². The second kappa shape index (κ2) is 5.11. The fourth-order valence-electron chi connectivity index (χ4n) is 1.59. The molecule has 0 atom stereocenters. The van der Waals surface area contributed by atoms with E-state index in [0.29, 0.717) is 10.4 Å². The summed E-state index contributed by atoms with van der Waals surface area (Å²) in [6.07, 6.45) is 0. The topological polar surface area (TPSA) is 83.8 Å². The molecule has 0 fully saturated rings. The van der Waals surface area contributed by atoms with Gasteiger partial charge in [-0.2, -0.15) is 0 Å². The van der Waals surface area contributed by atoms with Gasteiger partial charge in [-0.3, -0.25) is 0 Å². The van der Waals surface area contributed by atoms with E-state index in [9.17, 15) is 14.7 Å². The third kappa shape index (κ3) is 2.58. The molecule has 6 heteroatoms. The number of ether oxygens (including phenoxy) is 1. The van der Waals surface area contributed by atoms with Gasteiger partial charge < -0.3 is 14.9 Å². The predicted molar refractivity (Wildman–Crippen MR) is 69.7 cm³/mol. The number of rotatable bonds is 3. The number of esters is 1. The maximum atomic E-state index is 11.3. The number of hydrogen-bond acceptors (Lipinski definition) is 5. The third-order valence-electron chi connectivity index (χ3n) is 2.55. The SMILES string of the molecule is COC(=O)c1cc(-c2ccc(C(=O)O)c(O)c2)cs1. The molecule has 1 heterocycles. The molecular formula is C13H10O5S. The Hall–Kier alpha value is -2.34. The number of benzene rings is 1. The molecule has 0 saturated carbocycles. The van der Waals surface area contributed by atoms with E-state index in [4.69, 9.17) is 5.11 Å². The minimum Gasteiger partial charge on any atom is -0.507 e. The van der Waals surface area contributed by atoms with Crippen molar-refractivity contribution in [1.29, 1.82) is 0 Å². The second-order valence-corrected chi connectivity index (χ2v) is 4.64. The van der Waals surface area contributed by atoms with Crippen molar-refractivity contribution in [3.63, 3.8) is 0 Å². The van der Waals surface area contributed by atoms with E-state index in [2.05, 4.69) is 4.74 Å². The Morgan fingerprint density at radius 1 is 1.21 bits per heavy atom. The van der Waals surface area contributed by atoms with Crippen molar-refractivity contribution >= 4 is 23.3 Å². The molecule has 0 aliphatic rings. The number of hydrogen-bond donors (Lipinski definition) is 2. The molecule has 5 nitrogen and oxygen atoms in total. The van der Waals surface area contributed by atoms with Gasteiger partial charge in [0.1, 0.15) is 16.2 Å². The Bertz CT molecular complexity index is 644. The Morgan fingerprint density at radius 3 is 2.53 bits per heavy atom. The number of carboxylic acids is 1. The number of carboxylic acid groups (broad SMARTS) is 1. The maximum absolute atomic E-state index is 11.3. The van der Waals surface area contributed by atoms with Gasteiger partial charge in [0, 0.05) is 0 Å². The Balaban J connectivity index is 2.37. The van der Waals surface area contributed by atoms with Crippen molar-refractivity contribution in [1.82, 2.24) is 0 Å². The molecule has 0 bridgehead atoms. The highest BCUT2D eigenvalue weighted by atomic mass is 32.1. The van der Waals surface area contributed by atoms with E-state index >= 15 is 0 Å². The van der Waals surface area contributed by atoms with Gasteiger partial charge in [-0.1, -0.05) is 6.07 Å². The van der Waals surface area contributed by atoms with E-state index in [1.54, 1.807) is 17.5 Å². The summed E-state index contributed by atoms with van der Waals surface area (Å²) in [6.45, 7) is 0. The lowest BCUT2D eigenvalue weighted by Crippen LogP contribution is -1.97. The lowest BCUT2D eigenvalue weighted by Gasteiger charge is -2.02. The number of thiophene rings is 1. The molecule has 0 radical (unpaired) electrons. The molecule has 2 rings (SSSR count). The van der Waals surface area contributed by atoms with Crippen LogP contribution in [-0.2, 0) is 4.74 Å². The monoisotopic (exact) mass is 278 g/mol. The van der Waals surface area contributed by atoms with Crippen LogP contribution >= 0.6 is 11.3 Å². The minimum absolute atomic E-state index is 0.160. The van der Waals surface area contributed by atoms with Crippen LogP contribution in [0.25, 0.3) is 11.1 Å². The van der Waals surface area contributed by atoms with Crippen molar-refractivity contribution in [2.24, 2.45) is 0 Å². The van der Waals surface area contributed by atoms with E-state index in [1.807, 2.05) is 0 Å². The summed E-state index contributed by atoms with van der Waals surface area (Å²) >= 11 is 1.22. The van der Waals surface area contributed by atoms with Crippen molar-refractivity contribution in [2.45, 2.75) is 0 Å². The number of carbonyl (C=O) groups excluding carboxylic acids is 1. The second-order valence-electron chi connectivity index (χ2n) is 3.73. The molecule has 19 heavy (non-hydrogen) atoms. The van der Waals surface area contributed by atoms with Gasteiger partial charge in [0.15, 0.2) is 0 Å². The molecule has 0 aliphatic heterocycles. The van der Waals surface area contributed by atoms with E-state index in [1.165, 1.54) is 30.6 Å². The molecule has 98 valence electrons. The molecule has 0 aliphatic carbocycles. The molecule has 1 aromatic carbocycles. The van der Waals surface area contributed by atoms with Crippen LogP contribution in [0.3, 0.4) is 0 Å². The predicted octanol–water partition coefficient (Wildman–Crippen LogP) is 2.61. The molecule has 0 unspecified atom stereocenters. The third-order valence-corrected chi connectivity index (χ3v) is 3.46. The zero-order valence-electron chi connectivity index (χ0n) is 9.91. The Labute approximate surface area is 112 Å². The number of phenols is 1. The summed E-state index contributed by atoms with van der Waals surface area (Å²) in [4.78, 5) is 22.6. The first-order valence-corrected chi connectivity index (χ1v) is 6.14. The van der Waals surface area contributed by atoms with Crippen LogP contribution in [0.5, 0.6) is 5.75 Å². The summed E-state index contributed by atoms with van der Waals surface area (Å²) in [5.74, 6) is -1.93. The molecule has 2 N–H and O–H groups in total. The summed E-state index contributed by atoms with van der Waals surface area (Å²) in [7, 11) is 1.30. The average Bonchev–Trinajstić information content (AvgIpc) is 2.86. The quantitative estimate of drug-likeness (QED) is 0.843. The smallest absolute Gasteiger partial charge is 0.348 e. The van der Waals surface area contributed by atoms with E-state index in [0.717, 1.165) is 5.56 Å². The van der Waals surface area contributed by atoms with Crippen molar-refractivity contribution in [2.75, 3.05) is 7.11 Å². The van der Waals surface area contributed by atoms with Gasteiger partial charge in [-0.25, -0.2) is 9.59 Å². The summed E-state index contributed by atoms with van der Waals surface area (Å²) < 4.78 is 4.60. The fraction of sp³-hybridized carbons (Fsp3) is 0.0769. The Morgan fingerprint density at radius 2 is 1.95 bits per heavy atom. The Kier molecular flexibility index (Phi) is 3.52. The molecule has 2 aromatic rings. The van der Waals surface area contributed by atoms with Crippen LogP contribution in [0, 0.1) is 0 Å². The number of methoxy groups -OCH3 is 1.